The predicted molar refractivity (Wildman–Crippen MR) is 102 cm³/mol. The van der Waals surface area contributed by atoms with Crippen LogP contribution < -0.4 is 5.32 Å². The maximum absolute atomic E-state index is 4.36. The van der Waals surface area contributed by atoms with Gasteiger partial charge in [-0.3, -0.25) is 10.00 Å². The minimum atomic E-state index is 0.549. The quantitative estimate of drug-likeness (QED) is 0.897. The van der Waals surface area contributed by atoms with Gasteiger partial charge in [-0.25, -0.2) is 0 Å². The molecule has 25 heavy (non-hydrogen) atoms. The number of piperazine rings is 1. The highest BCUT2D eigenvalue weighted by Gasteiger charge is 2.21. The van der Waals surface area contributed by atoms with Crippen LogP contribution in [0.1, 0.15) is 30.0 Å². The highest BCUT2D eigenvalue weighted by molar-refractivity contribution is 5.66. The van der Waals surface area contributed by atoms with Gasteiger partial charge in [-0.1, -0.05) is 18.2 Å². The van der Waals surface area contributed by atoms with Gasteiger partial charge in [0.2, 0.25) is 0 Å². The number of H-pyrrole nitrogens is 1. The van der Waals surface area contributed by atoms with E-state index in [2.05, 4.69) is 56.6 Å². The van der Waals surface area contributed by atoms with Crippen LogP contribution >= 0.6 is 0 Å². The molecule has 0 amide bonds. The number of piperidine rings is 1. The van der Waals surface area contributed by atoms with Gasteiger partial charge in [-0.15, -0.1) is 0 Å². The molecule has 0 unspecified atom stereocenters. The van der Waals surface area contributed by atoms with Gasteiger partial charge < -0.3 is 10.2 Å². The van der Waals surface area contributed by atoms with Crippen LogP contribution in [0.5, 0.6) is 0 Å². The highest BCUT2D eigenvalue weighted by atomic mass is 15.2. The molecule has 2 saturated heterocycles. The molecule has 2 aliphatic heterocycles. The van der Waals surface area contributed by atoms with Crippen LogP contribution in [0.25, 0.3) is 11.1 Å². The molecule has 1 aromatic heterocycles. The van der Waals surface area contributed by atoms with Crippen LogP contribution in [-0.2, 0) is 6.54 Å². The molecule has 134 valence electrons. The van der Waals surface area contributed by atoms with Gasteiger partial charge in [0.05, 0.1) is 6.20 Å². The molecule has 0 bridgehead atoms. The lowest BCUT2D eigenvalue weighted by Gasteiger charge is -2.32. The van der Waals surface area contributed by atoms with Crippen molar-refractivity contribution < 1.29 is 0 Å². The van der Waals surface area contributed by atoms with Crippen molar-refractivity contribution in [1.82, 2.24) is 25.3 Å². The molecule has 5 nitrogen and oxygen atoms in total. The van der Waals surface area contributed by atoms with Gasteiger partial charge >= 0.3 is 0 Å². The summed E-state index contributed by atoms with van der Waals surface area (Å²) in [6, 6.07) is 9.02. The molecule has 3 heterocycles. The molecule has 1 atom stereocenters. The molecule has 2 aromatic rings. The fourth-order valence-corrected chi connectivity index (χ4v) is 4.04. The zero-order chi connectivity index (χ0) is 17.1. The summed E-state index contributed by atoms with van der Waals surface area (Å²) in [7, 11) is 2.21. The van der Waals surface area contributed by atoms with Crippen molar-refractivity contribution in [2.24, 2.45) is 0 Å². The predicted octanol–water partition coefficient (Wildman–Crippen LogP) is 2.29. The molecular weight excluding hydrogens is 310 g/mol. The Morgan fingerprint density at radius 1 is 1.20 bits per heavy atom. The monoisotopic (exact) mass is 339 g/mol. The van der Waals surface area contributed by atoms with Crippen LogP contribution in [0, 0.1) is 0 Å². The zero-order valence-electron chi connectivity index (χ0n) is 15.2. The number of benzene rings is 1. The average Bonchev–Trinajstić information content (AvgIpc) is 3.15. The Labute approximate surface area is 150 Å². The molecule has 0 aliphatic carbocycles. The van der Waals surface area contributed by atoms with E-state index >= 15 is 0 Å². The van der Waals surface area contributed by atoms with E-state index in [1.165, 1.54) is 48.3 Å². The van der Waals surface area contributed by atoms with Gasteiger partial charge in [0, 0.05) is 56.4 Å². The van der Waals surface area contributed by atoms with E-state index in [1.54, 1.807) is 0 Å². The Morgan fingerprint density at radius 2 is 2.08 bits per heavy atom. The topological polar surface area (TPSA) is 47.2 Å². The van der Waals surface area contributed by atoms with Crippen molar-refractivity contribution in [3.63, 3.8) is 0 Å². The van der Waals surface area contributed by atoms with Gasteiger partial charge in [-0.2, -0.15) is 5.10 Å². The number of hydrogen-bond donors (Lipinski definition) is 2. The average molecular weight is 339 g/mol. The van der Waals surface area contributed by atoms with Gasteiger partial charge in [0.1, 0.15) is 0 Å². The minimum Gasteiger partial charge on any atom is -0.316 e. The van der Waals surface area contributed by atoms with E-state index in [-0.39, 0.29) is 0 Å². The van der Waals surface area contributed by atoms with Crippen LogP contribution in [0.4, 0.5) is 0 Å². The van der Waals surface area contributed by atoms with E-state index in [4.69, 9.17) is 0 Å². The van der Waals surface area contributed by atoms with Crippen molar-refractivity contribution in [2.45, 2.75) is 25.3 Å². The van der Waals surface area contributed by atoms with E-state index < -0.39 is 0 Å². The summed E-state index contributed by atoms with van der Waals surface area (Å²) in [4.78, 5) is 4.96. The fraction of sp³-hybridized carbons (Fsp3) is 0.550. The molecular formula is C20H29N5. The summed E-state index contributed by atoms with van der Waals surface area (Å²) in [5.74, 6) is 0.549. The van der Waals surface area contributed by atoms with Crippen molar-refractivity contribution in [3.8, 4) is 11.1 Å². The van der Waals surface area contributed by atoms with Crippen molar-refractivity contribution in [1.29, 1.82) is 0 Å². The van der Waals surface area contributed by atoms with E-state index in [0.717, 1.165) is 32.7 Å². The summed E-state index contributed by atoms with van der Waals surface area (Å²) in [5, 5.41) is 11.1. The standard InChI is InChI=1S/C20H29N5/c1-24-8-10-25(11-9-24)15-16-4-2-5-17(12-16)19-14-22-23-20(19)18-6-3-7-21-13-18/h2,4-5,12,14,18,21H,3,6-11,13,15H2,1H3,(H,22,23)/t18-/m1/s1. The van der Waals surface area contributed by atoms with Crippen molar-refractivity contribution in [3.05, 3.63) is 41.7 Å². The van der Waals surface area contributed by atoms with Crippen LogP contribution in [0.3, 0.4) is 0 Å². The number of aromatic amines is 1. The van der Waals surface area contributed by atoms with Gasteiger partial charge in [0.15, 0.2) is 0 Å². The maximum atomic E-state index is 4.36. The number of aromatic nitrogens is 2. The second kappa shape index (κ2) is 7.68. The smallest absolute Gasteiger partial charge is 0.0568 e. The Balaban J connectivity index is 1.51. The Bertz CT molecular complexity index is 681. The third-order valence-electron chi connectivity index (χ3n) is 5.61. The normalized spacial score (nSPS) is 23.0. The second-order valence-corrected chi connectivity index (χ2v) is 7.52. The summed E-state index contributed by atoms with van der Waals surface area (Å²) >= 11 is 0. The first kappa shape index (κ1) is 16.8. The third kappa shape index (κ3) is 3.94. The molecule has 4 rings (SSSR count). The first-order valence-corrected chi connectivity index (χ1v) is 9.54. The number of nitrogens with one attached hydrogen (secondary N) is 2. The zero-order valence-corrected chi connectivity index (χ0v) is 15.2. The largest absolute Gasteiger partial charge is 0.316 e. The molecule has 2 aliphatic rings. The second-order valence-electron chi connectivity index (χ2n) is 7.52. The summed E-state index contributed by atoms with van der Waals surface area (Å²) in [5.41, 5.74) is 5.26. The first-order chi connectivity index (χ1) is 12.3. The number of hydrogen-bond acceptors (Lipinski definition) is 4. The van der Waals surface area contributed by atoms with Gasteiger partial charge in [-0.05, 0) is 43.6 Å². The van der Waals surface area contributed by atoms with Gasteiger partial charge in [0.25, 0.3) is 0 Å². The number of nitrogens with zero attached hydrogens (tertiary/aromatic N) is 3. The SMILES string of the molecule is CN1CCN(Cc2cccc(-c3cn[nH]c3[C@@H]3CCCNC3)c2)CC1. The molecule has 1 aromatic carbocycles. The highest BCUT2D eigenvalue weighted by Crippen LogP contribution is 2.31. The summed E-state index contributed by atoms with van der Waals surface area (Å²) in [6.45, 7) is 7.88. The van der Waals surface area contributed by atoms with E-state index in [1.807, 2.05) is 6.20 Å². The van der Waals surface area contributed by atoms with Crippen molar-refractivity contribution in [2.75, 3.05) is 46.3 Å². The lowest BCUT2D eigenvalue weighted by molar-refractivity contribution is 0.148. The first-order valence-electron chi connectivity index (χ1n) is 9.54. The molecule has 2 N–H and O–H groups in total. The lowest BCUT2D eigenvalue weighted by atomic mass is 9.91. The molecule has 5 heteroatoms. The summed E-state index contributed by atoms with van der Waals surface area (Å²) < 4.78 is 0. The molecule has 0 spiro atoms. The number of rotatable bonds is 4. The minimum absolute atomic E-state index is 0.549. The summed E-state index contributed by atoms with van der Waals surface area (Å²) in [6.07, 6.45) is 4.48. The Morgan fingerprint density at radius 3 is 2.88 bits per heavy atom. The van der Waals surface area contributed by atoms with Crippen LogP contribution in [0.15, 0.2) is 30.5 Å². The Kier molecular flexibility index (Phi) is 5.15. The molecule has 0 saturated carbocycles. The molecule has 0 radical (unpaired) electrons. The van der Waals surface area contributed by atoms with Crippen molar-refractivity contribution >= 4 is 0 Å². The van der Waals surface area contributed by atoms with Crippen LogP contribution in [0.2, 0.25) is 0 Å². The fourth-order valence-electron chi connectivity index (χ4n) is 4.04. The third-order valence-corrected chi connectivity index (χ3v) is 5.61. The van der Waals surface area contributed by atoms with E-state index in [9.17, 15) is 0 Å². The lowest BCUT2D eigenvalue weighted by Crippen LogP contribution is -2.43. The Hall–Kier alpha value is -1.69. The molecule has 2 fully saturated rings. The maximum Gasteiger partial charge on any atom is 0.0568 e. The number of likely N-dealkylation sites (N-methyl/N-ethyl adjacent to an activating group) is 1. The van der Waals surface area contributed by atoms with E-state index in [0.29, 0.717) is 5.92 Å². The van der Waals surface area contributed by atoms with Crippen LogP contribution in [-0.4, -0.2) is 66.3 Å².